The van der Waals surface area contributed by atoms with Gasteiger partial charge in [-0.15, -0.1) is 21.5 Å². The second-order valence-corrected chi connectivity index (χ2v) is 8.40. The minimum absolute atomic E-state index is 0.0242. The number of thiophene rings is 1. The van der Waals surface area contributed by atoms with Crippen molar-refractivity contribution in [3.63, 3.8) is 0 Å². The quantitative estimate of drug-likeness (QED) is 0.849. The van der Waals surface area contributed by atoms with Crippen molar-refractivity contribution < 1.29 is 9.53 Å². The number of nitrogens with one attached hydrogen (secondary N) is 2. The second kappa shape index (κ2) is 6.44. The van der Waals surface area contributed by atoms with E-state index in [1.165, 1.54) is 10.4 Å². The van der Waals surface area contributed by atoms with E-state index in [0.29, 0.717) is 6.54 Å². The number of amides is 1. The smallest absolute Gasteiger partial charge is 0.261 e. The Morgan fingerprint density at radius 1 is 1.35 bits per heavy atom. The highest BCUT2D eigenvalue weighted by Gasteiger charge is 2.40. The maximum Gasteiger partial charge on any atom is 0.261 e. The minimum Gasteiger partial charge on any atom is -0.370 e. The Bertz CT molecular complexity index is 837. The first-order valence-electron chi connectivity index (χ1n) is 9.42. The molecule has 0 bridgehead atoms. The van der Waals surface area contributed by atoms with Crippen LogP contribution >= 0.6 is 11.3 Å². The van der Waals surface area contributed by atoms with E-state index in [1.54, 1.807) is 11.3 Å². The fourth-order valence-corrected chi connectivity index (χ4v) is 5.51. The van der Waals surface area contributed by atoms with Gasteiger partial charge in [0.15, 0.2) is 5.82 Å². The third kappa shape index (κ3) is 2.67. The van der Waals surface area contributed by atoms with Crippen molar-refractivity contribution in [2.24, 2.45) is 0 Å². The molecule has 3 aliphatic rings. The maximum atomic E-state index is 12.7. The summed E-state index contributed by atoms with van der Waals surface area (Å²) < 4.78 is 8.33. The first kappa shape index (κ1) is 16.4. The molecule has 2 N–H and O–H groups in total. The number of nitrogens with zero attached hydrogens (tertiary/aromatic N) is 3. The van der Waals surface area contributed by atoms with Crippen LogP contribution < -0.4 is 10.6 Å². The average Bonchev–Trinajstić information content (AvgIpc) is 3.37. The van der Waals surface area contributed by atoms with Gasteiger partial charge in [-0.2, -0.15) is 0 Å². The Hall–Kier alpha value is -1.77. The molecular weight excluding hydrogens is 350 g/mol. The molecule has 8 heteroatoms. The summed E-state index contributed by atoms with van der Waals surface area (Å²) in [5.41, 5.74) is 1.05. The predicted octanol–water partition coefficient (Wildman–Crippen LogP) is 1.37. The molecule has 1 fully saturated rings. The molecule has 0 saturated carbocycles. The molecule has 2 aromatic heterocycles. The highest BCUT2D eigenvalue weighted by atomic mass is 32.1. The molecule has 3 aliphatic heterocycles. The van der Waals surface area contributed by atoms with Gasteiger partial charge in [0, 0.05) is 24.3 Å². The summed E-state index contributed by atoms with van der Waals surface area (Å²) in [6, 6.07) is 2.06. The summed E-state index contributed by atoms with van der Waals surface area (Å²) in [5.74, 6) is 1.86. The van der Waals surface area contributed by atoms with Crippen LogP contribution in [0.15, 0.2) is 6.07 Å². The first-order chi connectivity index (χ1) is 12.8. The topological polar surface area (TPSA) is 81.1 Å². The van der Waals surface area contributed by atoms with E-state index in [4.69, 9.17) is 4.74 Å². The van der Waals surface area contributed by atoms with Gasteiger partial charge in [-0.25, -0.2) is 0 Å². The number of carbonyl (C=O) groups excluding carboxylic acids is 1. The summed E-state index contributed by atoms with van der Waals surface area (Å²) >= 11 is 1.62. The molecule has 0 radical (unpaired) electrons. The van der Waals surface area contributed by atoms with E-state index in [9.17, 15) is 4.79 Å². The zero-order chi connectivity index (χ0) is 17.6. The Morgan fingerprint density at radius 2 is 2.23 bits per heavy atom. The van der Waals surface area contributed by atoms with Crippen molar-refractivity contribution in [2.75, 3.05) is 19.7 Å². The summed E-state index contributed by atoms with van der Waals surface area (Å²) in [6.07, 6.45) is 4.95. The largest absolute Gasteiger partial charge is 0.370 e. The molecule has 26 heavy (non-hydrogen) atoms. The summed E-state index contributed by atoms with van der Waals surface area (Å²) in [4.78, 5) is 14.8. The van der Waals surface area contributed by atoms with Crippen LogP contribution in [0.5, 0.6) is 0 Å². The lowest BCUT2D eigenvalue weighted by Crippen LogP contribution is -2.44. The molecule has 0 aliphatic carbocycles. The van der Waals surface area contributed by atoms with E-state index >= 15 is 0 Å². The van der Waals surface area contributed by atoms with Crippen molar-refractivity contribution in [2.45, 2.75) is 50.8 Å². The SMILES string of the molecule is O=C(NCc1nnc2n1CCC2)c1cc2c(s1)CCOC21CCNCC1. The van der Waals surface area contributed by atoms with E-state index in [0.717, 1.165) is 74.9 Å². The number of carbonyl (C=O) groups is 1. The number of ether oxygens (including phenoxy) is 1. The van der Waals surface area contributed by atoms with Crippen LogP contribution in [0.25, 0.3) is 0 Å². The van der Waals surface area contributed by atoms with Gasteiger partial charge in [-0.3, -0.25) is 4.79 Å². The van der Waals surface area contributed by atoms with Crippen LogP contribution in [0.1, 0.15) is 51.0 Å². The van der Waals surface area contributed by atoms with Gasteiger partial charge in [0.25, 0.3) is 5.91 Å². The third-order valence-corrected chi connectivity index (χ3v) is 6.93. The van der Waals surface area contributed by atoms with Crippen molar-refractivity contribution in [1.29, 1.82) is 0 Å². The van der Waals surface area contributed by atoms with Crippen LogP contribution in [0, 0.1) is 0 Å². The molecule has 0 unspecified atom stereocenters. The molecule has 5 rings (SSSR count). The van der Waals surface area contributed by atoms with Gasteiger partial charge in [-0.1, -0.05) is 0 Å². The third-order valence-electron chi connectivity index (χ3n) is 5.74. The number of piperidine rings is 1. The lowest BCUT2D eigenvalue weighted by molar-refractivity contribution is -0.0792. The molecule has 1 spiro atoms. The Kier molecular flexibility index (Phi) is 4.06. The highest BCUT2D eigenvalue weighted by Crippen LogP contribution is 2.43. The second-order valence-electron chi connectivity index (χ2n) is 7.26. The molecule has 1 saturated heterocycles. The standard InChI is InChI=1S/C18H23N5O2S/c24-17(20-11-16-22-21-15-2-1-8-23(15)16)14-10-12-13(26-14)3-9-25-18(12)4-6-19-7-5-18/h10,19H,1-9,11H2,(H,20,24). The lowest BCUT2D eigenvalue weighted by Gasteiger charge is -2.40. The summed E-state index contributed by atoms with van der Waals surface area (Å²) in [7, 11) is 0. The molecule has 0 aromatic carbocycles. The van der Waals surface area contributed by atoms with Gasteiger partial charge in [-0.05, 0) is 44.0 Å². The maximum absolute atomic E-state index is 12.7. The van der Waals surface area contributed by atoms with E-state index < -0.39 is 0 Å². The number of aryl methyl sites for hydroxylation is 1. The minimum atomic E-state index is -0.193. The summed E-state index contributed by atoms with van der Waals surface area (Å²) in [5, 5.41) is 14.8. The number of rotatable bonds is 3. The van der Waals surface area contributed by atoms with Gasteiger partial charge in [0.05, 0.1) is 23.6 Å². The van der Waals surface area contributed by atoms with Crippen molar-refractivity contribution in [3.8, 4) is 0 Å². The molecule has 1 amide bonds. The monoisotopic (exact) mass is 373 g/mol. The Balaban J connectivity index is 1.33. The van der Waals surface area contributed by atoms with E-state index in [-0.39, 0.29) is 11.5 Å². The molecule has 0 atom stereocenters. The lowest BCUT2D eigenvalue weighted by atomic mass is 9.83. The Morgan fingerprint density at radius 3 is 3.12 bits per heavy atom. The molecule has 138 valence electrons. The molecule has 2 aromatic rings. The van der Waals surface area contributed by atoms with Crippen molar-refractivity contribution in [3.05, 3.63) is 33.0 Å². The fraction of sp³-hybridized carbons (Fsp3) is 0.611. The van der Waals surface area contributed by atoms with Crippen LogP contribution in [0.3, 0.4) is 0 Å². The van der Waals surface area contributed by atoms with Gasteiger partial charge >= 0.3 is 0 Å². The van der Waals surface area contributed by atoms with Crippen LogP contribution in [0.4, 0.5) is 0 Å². The van der Waals surface area contributed by atoms with Crippen molar-refractivity contribution >= 4 is 17.2 Å². The number of fused-ring (bicyclic) bond motifs is 3. The number of hydrogen-bond acceptors (Lipinski definition) is 6. The van der Waals surface area contributed by atoms with Crippen LogP contribution in [0.2, 0.25) is 0 Å². The van der Waals surface area contributed by atoms with E-state index in [1.807, 2.05) is 0 Å². The zero-order valence-corrected chi connectivity index (χ0v) is 15.5. The molecule has 5 heterocycles. The van der Waals surface area contributed by atoms with Crippen LogP contribution in [-0.2, 0) is 36.3 Å². The summed E-state index contributed by atoms with van der Waals surface area (Å²) in [6.45, 7) is 4.07. The molecule has 7 nitrogen and oxygen atoms in total. The Labute approximate surface area is 156 Å². The molecular formula is C18H23N5O2S. The fourth-order valence-electron chi connectivity index (χ4n) is 4.36. The van der Waals surface area contributed by atoms with Gasteiger partial charge in [0.2, 0.25) is 0 Å². The number of hydrogen-bond donors (Lipinski definition) is 2. The van der Waals surface area contributed by atoms with Gasteiger partial charge < -0.3 is 19.9 Å². The zero-order valence-electron chi connectivity index (χ0n) is 14.7. The van der Waals surface area contributed by atoms with Gasteiger partial charge in [0.1, 0.15) is 5.82 Å². The van der Waals surface area contributed by atoms with E-state index in [2.05, 4.69) is 31.5 Å². The first-order valence-corrected chi connectivity index (χ1v) is 10.2. The normalized spacial score (nSPS) is 20.8. The van der Waals surface area contributed by atoms with Crippen molar-refractivity contribution in [1.82, 2.24) is 25.4 Å². The van der Waals surface area contributed by atoms with Crippen LogP contribution in [-0.4, -0.2) is 40.4 Å². The average molecular weight is 373 g/mol. The number of aromatic nitrogens is 3. The predicted molar refractivity (Wildman–Crippen MR) is 97.3 cm³/mol. The highest BCUT2D eigenvalue weighted by molar-refractivity contribution is 7.14.